The van der Waals surface area contributed by atoms with E-state index in [-0.39, 0.29) is 11.9 Å². The van der Waals surface area contributed by atoms with Crippen molar-refractivity contribution < 1.29 is 4.79 Å². The maximum Gasteiger partial charge on any atom is 0.238 e. The molecule has 0 radical (unpaired) electrons. The highest BCUT2D eigenvalue weighted by Crippen LogP contribution is 1.95. The number of hydrogen-bond donors (Lipinski definition) is 1. The molecule has 1 N–H and O–H groups in total. The second-order valence-electron chi connectivity index (χ2n) is 4.84. The van der Waals surface area contributed by atoms with E-state index in [4.69, 9.17) is 0 Å². The number of nitrogens with one attached hydrogen (secondary N) is 1. The molecule has 0 aromatic rings. The molecule has 0 saturated carbocycles. The van der Waals surface area contributed by atoms with Gasteiger partial charge in [0.2, 0.25) is 5.91 Å². The van der Waals surface area contributed by atoms with Gasteiger partial charge < -0.3 is 15.1 Å². The smallest absolute Gasteiger partial charge is 0.238 e. The van der Waals surface area contributed by atoms with Gasteiger partial charge in [-0.25, -0.2) is 0 Å². The van der Waals surface area contributed by atoms with Crippen LogP contribution >= 0.6 is 0 Å². The predicted octanol–water partition coefficient (Wildman–Crippen LogP) is 0.783. The van der Waals surface area contributed by atoms with Crippen molar-refractivity contribution in [3.8, 4) is 0 Å². The van der Waals surface area contributed by atoms with Gasteiger partial charge in [-0.15, -0.1) is 0 Å². The Labute approximate surface area is 100.0 Å². The van der Waals surface area contributed by atoms with Crippen LogP contribution in [0.1, 0.15) is 27.2 Å². The Morgan fingerprint density at radius 3 is 2.19 bits per heavy atom. The van der Waals surface area contributed by atoms with Crippen LogP contribution in [-0.4, -0.2) is 62.0 Å². The molecule has 0 aromatic heterocycles. The van der Waals surface area contributed by atoms with E-state index in [9.17, 15) is 4.79 Å². The Morgan fingerprint density at radius 1 is 1.19 bits per heavy atom. The molecule has 1 amide bonds. The molecule has 4 nitrogen and oxygen atoms in total. The number of amides is 1. The molecule has 0 saturated heterocycles. The summed E-state index contributed by atoms with van der Waals surface area (Å²) in [6.45, 7) is 8.23. The average Bonchev–Trinajstić information content (AvgIpc) is 2.22. The topological polar surface area (TPSA) is 35.6 Å². The summed E-state index contributed by atoms with van der Waals surface area (Å²) in [6, 6.07) is 0.500. The van der Waals surface area contributed by atoms with E-state index >= 15 is 0 Å². The molecule has 0 heterocycles. The monoisotopic (exact) mass is 229 g/mol. The van der Waals surface area contributed by atoms with E-state index < -0.39 is 0 Å². The lowest BCUT2D eigenvalue weighted by Gasteiger charge is -2.22. The van der Waals surface area contributed by atoms with E-state index in [1.54, 1.807) is 19.0 Å². The molecule has 1 atom stereocenters. The first kappa shape index (κ1) is 15.4. The Kier molecular flexibility index (Phi) is 7.34. The Balaban J connectivity index is 3.63. The summed E-state index contributed by atoms with van der Waals surface area (Å²) in [5.74, 6) is 0.136. The number of carbonyl (C=O) groups is 1. The SMILES string of the molecule is CC(NCCCN(C)C(C)C)C(=O)N(C)C. The highest BCUT2D eigenvalue weighted by molar-refractivity contribution is 5.80. The molecule has 0 fully saturated rings. The molecule has 96 valence electrons. The molecule has 0 bridgehead atoms. The third-order valence-electron chi connectivity index (χ3n) is 2.83. The fourth-order valence-electron chi connectivity index (χ4n) is 1.38. The van der Waals surface area contributed by atoms with Crippen molar-refractivity contribution in [3.63, 3.8) is 0 Å². The summed E-state index contributed by atoms with van der Waals surface area (Å²) >= 11 is 0. The van der Waals surface area contributed by atoms with Gasteiger partial charge in [0, 0.05) is 20.1 Å². The summed E-state index contributed by atoms with van der Waals surface area (Å²) in [7, 11) is 5.69. The van der Waals surface area contributed by atoms with Crippen molar-refractivity contribution in [1.29, 1.82) is 0 Å². The first-order valence-corrected chi connectivity index (χ1v) is 6.01. The summed E-state index contributed by atoms with van der Waals surface area (Å²) in [4.78, 5) is 15.5. The summed E-state index contributed by atoms with van der Waals surface area (Å²) in [5.41, 5.74) is 0. The molecule has 0 spiro atoms. The normalized spacial score (nSPS) is 13.2. The van der Waals surface area contributed by atoms with E-state index in [1.807, 2.05) is 6.92 Å². The largest absolute Gasteiger partial charge is 0.347 e. The van der Waals surface area contributed by atoms with E-state index in [0.717, 1.165) is 19.5 Å². The van der Waals surface area contributed by atoms with Gasteiger partial charge in [0.25, 0.3) is 0 Å². The lowest BCUT2D eigenvalue weighted by atomic mass is 10.2. The van der Waals surface area contributed by atoms with Gasteiger partial charge in [0.15, 0.2) is 0 Å². The van der Waals surface area contributed by atoms with Crippen LogP contribution in [0.3, 0.4) is 0 Å². The summed E-state index contributed by atoms with van der Waals surface area (Å²) in [5, 5.41) is 3.24. The van der Waals surface area contributed by atoms with Crippen LogP contribution in [0, 0.1) is 0 Å². The molecular formula is C12H27N3O. The molecule has 0 aliphatic heterocycles. The Hall–Kier alpha value is -0.610. The molecule has 16 heavy (non-hydrogen) atoms. The Bertz CT molecular complexity index is 204. The number of likely N-dealkylation sites (N-methyl/N-ethyl adjacent to an activating group) is 1. The van der Waals surface area contributed by atoms with Gasteiger partial charge in [0.1, 0.15) is 0 Å². The molecular weight excluding hydrogens is 202 g/mol. The molecule has 0 aromatic carbocycles. The first-order valence-electron chi connectivity index (χ1n) is 6.01. The molecule has 1 unspecified atom stereocenters. The third-order valence-corrected chi connectivity index (χ3v) is 2.83. The average molecular weight is 229 g/mol. The van der Waals surface area contributed by atoms with Gasteiger partial charge in [-0.3, -0.25) is 4.79 Å². The number of hydrogen-bond acceptors (Lipinski definition) is 3. The van der Waals surface area contributed by atoms with Crippen molar-refractivity contribution in [1.82, 2.24) is 15.1 Å². The van der Waals surface area contributed by atoms with Crippen molar-refractivity contribution >= 4 is 5.91 Å². The standard InChI is InChI=1S/C12H27N3O/c1-10(2)15(6)9-7-8-13-11(3)12(16)14(4)5/h10-11,13H,7-9H2,1-6H3. The zero-order valence-electron chi connectivity index (χ0n) is 11.6. The van der Waals surface area contributed by atoms with Gasteiger partial charge >= 0.3 is 0 Å². The van der Waals surface area contributed by atoms with Crippen LogP contribution in [0.15, 0.2) is 0 Å². The van der Waals surface area contributed by atoms with Crippen LogP contribution in [-0.2, 0) is 4.79 Å². The van der Waals surface area contributed by atoms with Crippen LogP contribution in [0.4, 0.5) is 0 Å². The minimum atomic E-state index is -0.0839. The Morgan fingerprint density at radius 2 is 1.75 bits per heavy atom. The molecule has 0 aliphatic carbocycles. The third kappa shape index (κ3) is 6.08. The minimum absolute atomic E-state index is 0.0839. The zero-order valence-corrected chi connectivity index (χ0v) is 11.6. The maximum atomic E-state index is 11.5. The van der Waals surface area contributed by atoms with Crippen molar-refractivity contribution in [2.24, 2.45) is 0 Å². The van der Waals surface area contributed by atoms with Crippen LogP contribution in [0.25, 0.3) is 0 Å². The van der Waals surface area contributed by atoms with Crippen LogP contribution in [0.2, 0.25) is 0 Å². The van der Waals surface area contributed by atoms with E-state index in [1.165, 1.54) is 0 Å². The zero-order chi connectivity index (χ0) is 12.7. The molecule has 0 rings (SSSR count). The van der Waals surface area contributed by atoms with Crippen molar-refractivity contribution in [2.45, 2.75) is 39.3 Å². The van der Waals surface area contributed by atoms with E-state index in [2.05, 4.69) is 31.1 Å². The molecule has 4 heteroatoms. The second kappa shape index (κ2) is 7.63. The van der Waals surface area contributed by atoms with Gasteiger partial charge in [-0.05, 0) is 47.3 Å². The minimum Gasteiger partial charge on any atom is -0.347 e. The quantitative estimate of drug-likeness (QED) is 0.655. The second-order valence-corrected chi connectivity index (χ2v) is 4.84. The van der Waals surface area contributed by atoms with Gasteiger partial charge in [-0.2, -0.15) is 0 Å². The van der Waals surface area contributed by atoms with E-state index in [0.29, 0.717) is 6.04 Å². The lowest BCUT2D eigenvalue weighted by Crippen LogP contribution is -2.42. The van der Waals surface area contributed by atoms with Crippen molar-refractivity contribution in [3.05, 3.63) is 0 Å². The number of nitrogens with zero attached hydrogens (tertiary/aromatic N) is 2. The number of rotatable bonds is 7. The lowest BCUT2D eigenvalue weighted by molar-refractivity contribution is -0.130. The molecule has 0 aliphatic rings. The fourth-order valence-corrected chi connectivity index (χ4v) is 1.38. The first-order chi connectivity index (χ1) is 7.36. The highest BCUT2D eigenvalue weighted by atomic mass is 16.2. The van der Waals surface area contributed by atoms with Crippen molar-refractivity contribution in [2.75, 3.05) is 34.2 Å². The van der Waals surface area contributed by atoms with Crippen LogP contribution < -0.4 is 5.32 Å². The fraction of sp³-hybridized carbons (Fsp3) is 0.917. The maximum absolute atomic E-state index is 11.5. The summed E-state index contributed by atoms with van der Waals surface area (Å²) < 4.78 is 0. The highest BCUT2D eigenvalue weighted by Gasteiger charge is 2.13. The summed E-state index contributed by atoms with van der Waals surface area (Å²) in [6.07, 6.45) is 1.07. The number of carbonyl (C=O) groups excluding carboxylic acids is 1. The van der Waals surface area contributed by atoms with Crippen LogP contribution in [0.5, 0.6) is 0 Å². The van der Waals surface area contributed by atoms with Gasteiger partial charge in [-0.1, -0.05) is 0 Å². The van der Waals surface area contributed by atoms with Gasteiger partial charge in [0.05, 0.1) is 6.04 Å². The predicted molar refractivity (Wildman–Crippen MR) is 68.5 cm³/mol.